The van der Waals surface area contributed by atoms with Gasteiger partial charge in [-0.3, -0.25) is 0 Å². The van der Waals surface area contributed by atoms with Crippen LogP contribution in [0.15, 0.2) is 0 Å². The van der Waals surface area contributed by atoms with E-state index in [0.29, 0.717) is 18.9 Å². The van der Waals surface area contributed by atoms with Crippen molar-refractivity contribution in [2.75, 3.05) is 6.61 Å². The molecule has 4 unspecified atom stereocenters. The first-order valence-corrected chi connectivity index (χ1v) is 8.42. The highest BCUT2D eigenvalue weighted by Gasteiger charge is 2.26. The van der Waals surface area contributed by atoms with Crippen LogP contribution in [-0.4, -0.2) is 52.2 Å². The molecule has 1 saturated heterocycles. The fraction of sp³-hybridized carbons (Fsp3) is 0.875. The first kappa shape index (κ1) is 21.7. The molecule has 0 spiro atoms. The average molecular weight is 333 g/mol. The number of aliphatic carboxylic acids is 1. The number of hydrogen-bond donors (Lipinski definition) is 4. The summed E-state index contributed by atoms with van der Waals surface area (Å²) in [4.78, 5) is 20.6. The lowest BCUT2D eigenvalue weighted by molar-refractivity contribution is -0.157. The van der Waals surface area contributed by atoms with Crippen LogP contribution in [0.5, 0.6) is 0 Å². The average Bonchev–Trinajstić information content (AvgIpc) is 2.52. The summed E-state index contributed by atoms with van der Waals surface area (Å²) in [5, 5.41) is 28.4. The molecule has 23 heavy (non-hydrogen) atoms. The van der Waals surface area contributed by atoms with E-state index < -0.39 is 24.3 Å². The van der Waals surface area contributed by atoms with Crippen LogP contribution >= 0.6 is 0 Å². The van der Waals surface area contributed by atoms with Crippen LogP contribution in [0.1, 0.15) is 59.3 Å². The second kappa shape index (κ2) is 12.1. The molecule has 0 aromatic carbocycles. The van der Waals surface area contributed by atoms with Crippen LogP contribution in [0.3, 0.4) is 0 Å². The first-order valence-electron chi connectivity index (χ1n) is 8.42. The minimum Gasteiger partial charge on any atom is -0.479 e. The Morgan fingerprint density at radius 2 is 1.70 bits per heavy atom. The van der Waals surface area contributed by atoms with E-state index in [1.54, 1.807) is 0 Å². The molecule has 1 amide bonds. The molecule has 0 radical (unpaired) electrons. The van der Waals surface area contributed by atoms with E-state index in [-0.39, 0.29) is 12.5 Å². The summed E-state index contributed by atoms with van der Waals surface area (Å²) < 4.78 is 4.85. The molecule has 1 saturated carbocycles. The summed E-state index contributed by atoms with van der Waals surface area (Å²) in [6.45, 7) is 6.46. The fourth-order valence-electron chi connectivity index (χ4n) is 2.64. The molecule has 0 aromatic rings. The van der Waals surface area contributed by atoms with Crippen molar-refractivity contribution < 1.29 is 29.6 Å². The van der Waals surface area contributed by atoms with Gasteiger partial charge in [0.2, 0.25) is 0 Å². The third-order valence-electron chi connectivity index (χ3n) is 3.95. The summed E-state index contributed by atoms with van der Waals surface area (Å²) in [5.41, 5.74) is 0. The van der Waals surface area contributed by atoms with E-state index in [2.05, 4.69) is 12.2 Å². The zero-order chi connectivity index (χ0) is 17.8. The van der Waals surface area contributed by atoms with Gasteiger partial charge in [0.25, 0.3) is 0 Å². The largest absolute Gasteiger partial charge is 0.479 e. The number of carboxylic acids is 1. The highest BCUT2D eigenvalue weighted by Crippen LogP contribution is 2.23. The predicted molar refractivity (Wildman–Crippen MR) is 86.5 cm³/mol. The second-order valence-electron chi connectivity index (χ2n) is 5.69. The number of aliphatic hydroxyl groups excluding tert-OH is 1. The van der Waals surface area contributed by atoms with Gasteiger partial charge >= 0.3 is 12.1 Å². The van der Waals surface area contributed by atoms with Gasteiger partial charge in [0.1, 0.15) is 0 Å². The first-order chi connectivity index (χ1) is 10.9. The van der Waals surface area contributed by atoms with Crippen LogP contribution < -0.4 is 5.32 Å². The van der Waals surface area contributed by atoms with Crippen molar-refractivity contribution >= 4 is 12.1 Å². The topological polar surface area (TPSA) is 116 Å². The SMILES string of the molecule is CC.CC1CCCCC1NC(=O)O.O=C(O)C1CC(O)CCO1. The third-order valence-corrected chi connectivity index (χ3v) is 3.95. The summed E-state index contributed by atoms with van der Waals surface area (Å²) in [7, 11) is 0. The van der Waals surface area contributed by atoms with Crippen molar-refractivity contribution in [1.82, 2.24) is 5.32 Å². The molecule has 136 valence electrons. The van der Waals surface area contributed by atoms with Crippen molar-refractivity contribution in [3.63, 3.8) is 0 Å². The Bertz CT molecular complexity index is 349. The molecular formula is C16H31NO6. The van der Waals surface area contributed by atoms with Crippen molar-refractivity contribution in [1.29, 1.82) is 0 Å². The highest BCUT2D eigenvalue weighted by atomic mass is 16.5. The molecule has 7 heteroatoms. The van der Waals surface area contributed by atoms with Gasteiger partial charge < -0.3 is 25.4 Å². The van der Waals surface area contributed by atoms with E-state index in [1.807, 2.05) is 13.8 Å². The molecular weight excluding hydrogens is 302 g/mol. The van der Waals surface area contributed by atoms with Crippen molar-refractivity contribution in [2.45, 2.75) is 77.5 Å². The van der Waals surface area contributed by atoms with Gasteiger partial charge in [-0.05, 0) is 25.2 Å². The lowest BCUT2D eigenvalue weighted by atomic mass is 9.86. The number of amides is 1. The predicted octanol–water partition coefficient (Wildman–Crippen LogP) is 2.47. The van der Waals surface area contributed by atoms with Gasteiger partial charge in [-0.15, -0.1) is 0 Å². The smallest absolute Gasteiger partial charge is 0.404 e. The van der Waals surface area contributed by atoms with Gasteiger partial charge in [-0.2, -0.15) is 0 Å². The minimum atomic E-state index is -0.987. The number of ether oxygens (including phenoxy) is 1. The number of carbonyl (C=O) groups is 2. The van der Waals surface area contributed by atoms with Gasteiger partial charge in [0, 0.05) is 12.5 Å². The number of aliphatic hydroxyl groups is 1. The number of nitrogens with one attached hydrogen (secondary N) is 1. The molecule has 0 aromatic heterocycles. The molecule has 4 atom stereocenters. The second-order valence-corrected chi connectivity index (χ2v) is 5.69. The molecule has 1 aliphatic heterocycles. The van der Waals surface area contributed by atoms with Crippen molar-refractivity contribution in [2.24, 2.45) is 5.92 Å². The van der Waals surface area contributed by atoms with Gasteiger partial charge in [0.05, 0.1) is 12.7 Å². The number of rotatable bonds is 2. The summed E-state index contributed by atoms with van der Waals surface area (Å²) in [5.74, 6) is -0.474. The molecule has 4 N–H and O–H groups in total. The van der Waals surface area contributed by atoms with E-state index in [9.17, 15) is 9.59 Å². The molecule has 2 aliphatic rings. The summed E-state index contributed by atoms with van der Waals surface area (Å²) in [6.07, 6.45) is 3.15. The highest BCUT2D eigenvalue weighted by molar-refractivity contribution is 5.72. The van der Waals surface area contributed by atoms with E-state index >= 15 is 0 Å². The Morgan fingerprint density at radius 3 is 2.13 bits per heavy atom. The zero-order valence-electron chi connectivity index (χ0n) is 14.3. The lowest BCUT2D eigenvalue weighted by Gasteiger charge is -2.28. The van der Waals surface area contributed by atoms with Crippen LogP contribution in [-0.2, 0) is 9.53 Å². The Labute approximate surface area is 138 Å². The van der Waals surface area contributed by atoms with Crippen LogP contribution in [0.2, 0.25) is 0 Å². The fourth-order valence-corrected chi connectivity index (χ4v) is 2.64. The Hall–Kier alpha value is -1.34. The minimum absolute atomic E-state index is 0.196. The summed E-state index contributed by atoms with van der Waals surface area (Å²) in [6, 6.07) is 0.196. The van der Waals surface area contributed by atoms with E-state index in [1.165, 1.54) is 6.42 Å². The van der Waals surface area contributed by atoms with Gasteiger partial charge in [0.15, 0.2) is 6.10 Å². The maximum absolute atomic E-state index is 10.3. The molecule has 1 heterocycles. The maximum Gasteiger partial charge on any atom is 0.404 e. The number of hydrogen-bond acceptors (Lipinski definition) is 4. The lowest BCUT2D eigenvalue weighted by Crippen LogP contribution is -2.40. The van der Waals surface area contributed by atoms with Gasteiger partial charge in [-0.1, -0.05) is 33.6 Å². The van der Waals surface area contributed by atoms with E-state index in [0.717, 1.165) is 19.3 Å². The zero-order valence-corrected chi connectivity index (χ0v) is 14.3. The van der Waals surface area contributed by atoms with Crippen LogP contribution in [0.25, 0.3) is 0 Å². The van der Waals surface area contributed by atoms with Crippen LogP contribution in [0, 0.1) is 5.92 Å². The molecule has 7 nitrogen and oxygen atoms in total. The molecule has 0 bridgehead atoms. The third kappa shape index (κ3) is 9.40. The van der Waals surface area contributed by atoms with E-state index in [4.69, 9.17) is 20.1 Å². The van der Waals surface area contributed by atoms with Gasteiger partial charge in [-0.25, -0.2) is 9.59 Å². The Morgan fingerprint density at radius 1 is 1.09 bits per heavy atom. The molecule has 2 rings (SSSR count). The van der Waals surface area contributed by atoms with Crippen LogP contribution in [0.4, 0.5) is 4.79 Å². The normalized spacial score (nSPS) is 29.9. The quantitative estimate of drug-likeness (QED) is 0.617. The molecule has 1 aliphatic carbocycles. The van der Waals surface area contributed by atoms with Crippen molar-refractivity contribution in [3.8, 4) is 0 Å². The Kier molecular flexibility index (Phi) is 11.4. The maximum atomic E-state index is 10.3. The number of carboxylic acid groups (broad SMARTS) is 2. The standard InChI is InChI=1S/C8H15NO2.C6H10O4.C2H6/c1-6-4-2-3-5-7(6)9-8(10)11;7-4-1-2-10-5(3-4)6(8)9;1-2/h6-7,9H,2-5H2,1H3,(H,10,11);4-5,7H,1-3H2,(H,8,9);1-2H3. The van der Waals surface area contributed by atoms with Crippen molar-refractivity contribution in [3.05, 3.63) is 0 Å². The summed E-state index contributed by atoms with van der Waals surface area (Å²) >= 11 is 0. The Balaban J connectivity index is 0.000000381. The molecule has 2 fully saturated rings. The monoisotopic (exact) mass is 333 g/mol.